The van der Waals surface area contributed by atoms with Gasteiger partial charge in [0.1, 0.15) is 6.33 Å². The summed E-state index contributed by atoms with van der Waals surface area (Å²) in [6.07, 6.45) is 3.90. The molecule has 0 aromatic carbocycles. The second-order valence-electron chi connectivity index (χ2n) is 5.43. The molecule has 0 aliphatic carbocycles. The monoisotopic (exact) mass is 326 g/mol. The molecule has 0 fully saturated rings. The summed E-state index contributed by atoms with van der Waals surface area (Å²) in [5.74, 6) is 0.583. The van der Waals surface area contributed by atoms with Gasteiger partial charge < -0.3 is 4.57 Å². The van der Waals surface area contributed by atoms with Gasteiger partial charge in [0.25, 0.3) is 10.0 Å². The van der Waals surface area contributed by atoms with Crippen molar-refractivity contribution in [2.45, 2.75) is 57.8 Å². The molecule has 1 atom stereocenters. The second kappa shape index (κ2) is 6.57. The van der Waals surface area contributed by atoms with Crippen LogP contribution >= 0.6 is 0 Å². The number of nitrogens with zero attached hydrogens (tertiary/aromatic N) is 5. The predicted octanol–water partition coefficient (Wildman–Crippen LogP) is 1.50. The van der Waals surface area contributed by atoms with Gasteiger partial charge in [0, 0.05) is 12.6 Å². The normalized spacial score (nSPS) is 13.7. The average Bonchev–Trinajstić information content (AvgIpc) is 3.07. The summed E-state index contributed by atoms with van der Waals surface area (Å²) in [6.45, 7) is 8.26. The molecule has 0 unspecified atom stereocenters. The summed E-state index contributed by atoms with van der Waals surface area (Å²) in [7, 11) is -3.67. The van der Waals surface area contributed by atoms with Crippen molar-refractivity contribution in [3.8, 4) is 0 Å². The topological polar surface area (TPSA) is 94.7 Å². The fourth-order valence-electron chi connectivity index (χ4n) is 2.23. The van der Waals surface area contributed by atoms with E-state index >= 15 is 0 Å². The van der Waals surface area contributed by atoms with Crippen LogP contribution in [0.4, 0.5) is 0 Å². The standard InChI is InChI=1S/C13H22N6O2S/c1-5-8-19-12(6-7-15-19)22(20,21)17-11(4)13-16-14-9-18(13)10(2)3/h6-7,9-11,17H,5,8H2,1-4H3/t11-/m1/s1. The Morgan fingerprint density at radius 1 is 1.32 bits per heavy atom. The average molecular weight is 326 g/mol. The molecule has 0 aliphatic rings. The largest absolute Gasteiger partial charge is 0.314 e. The first-order chi connectivity index (χ1) is 10.4. The fourth-order valence-corrected chi connectivity index (χ4v) is 3.58. The fraction of sp³-hybridized carbons (Fsp3) is 0.615. The van der Waals surface area contributed by atoms with Crippen molar-refractivity contribution >= 4 is 10.0 Å². The van der Waals surface area contributed by atoms with Gasteiger partial charge in [0.05, 0.1) is 12.2 Å². The predicted molar refractivity (Wildman–Crippen MR) is 81.7 cm³/mol. The quantitative estimate of drug-likeness (QED) is 0.832. The zero-order valence-electron chi connectivity index (χ0n) is 13.3. The Morgan fingerprint density at radius 2 is 2.05 bits per heavy atom. The lowest BCUT2D eigenvalue weighted by Crippen LogP contribution is -2.30. The highest BCUT2D eigenvalue weighted by Gasteiger charge is 2.25. The summed E-state index contributed by atoms with van der Waals surface area (Å²) < 4.78 is 31.1. The third-order valence-corrected chi connectivity index (χ3v) is 4.83. The van der Waals surface area contributed by atoms with Gasteiger partial charge in [-0.05, 0) is 33.3 Å². The number of rotatable bonds is 7. The van der Waals surface area contributed by atoms with Crippen LogP contribution in [0.25, 0.3) is 0 Å². The highest BCUT2D eigenvalue weighted by atomic mass is 32.2. The number of hydrogen-bond donors (Lipinski definition) is 1. The van der Waals surface area contributed by atoms with Crippen LogP contribution in [0.3, 0.4) is 0 Å². The van der Waals surface area contributed by atoms with E-state index in [1.54, 1.807) is 13.3 Å². The van der Waals surface area contributed by atoms with Crippen molar-refractivity contribution in [3.05, 3.63) is 24.4 Å². The zero-order valence-corrected chi connectivity index (χ0v) is 14.1. The van der Waals surface area contributed by atoms with Crippen LogP contribution in [0, 0.1) is 0 Å². The van der Waals surface area contributed by atoms with Crippen molar-refractivity contribution in [1.82, 2.24) is 29.3 Å². The van der Waals surface area contributed by atoms with Gasteiger partial charge in [-0.1, -0.05) is 6.92 Å². The van der Waals surface area contributed by atoms with Gasteiger partial charge in [0.15, 0.2) is 10.9 Å². The first-order valence-corrected chi connectivity index (χ1v) is 8.78. The third-order valence-electron chi connectivity index (χ3n) is 3.26. The molecule has 2 aromatic heterocycles. The SMILES string of the molecule is CCCn1nccc1S(=O)(=O)N[C@H](C)c1nncn1C(C)C. The molecule has 0 aliphatic heterocycles. The van der Waals surface area contributed by atoms with Gasteiger partial charge in [-0.15, -0.1) is 10.2 Å². The highest BCUT2D eigenvalue weighted by Crippen LogP contribution is 2.18. The number of nitrogens with one attached hydrogen (secondary N) is 1. The van der Waals surface area contributed by atoms with E-state index in [1.165, 1.54) is 16.9 Å². The van der Waals surface area contributed by atoms with Crippen LogP contribution in [-0.4, -0.2) is 33.0 Å². The van der Waals surface area contributed by atoms with Crippen molar-refractivity contribution in [2.75, 3.05) is 0 Å². The molecule has 2 rings (SSSR count). The van der Waals surface area contributed by atoms with E-state index in [9.17, 15) is 8.42 Å². The first-order valence-electron chi connectivity index (χ1n) is 7.30. The number of sulfonamides is 1. The Bertz CT molecular complexity index is 718. The van der Waals surface area contributed by atoms with Crippen LogP contribution < -0.4 is 4.72 Å². The molecule has 2 aromatic rings. The minimum atomic E-state index is -3.67. The Hall–Kier alpha value is -1.74. The van der Waals surface area contributed by atoms with E-state index in [0.717, 1.165) is 6.42 Å². The zero-order chi connectivity index (χ0) is 16.3. The lowest BCUT2D eigenvalue weighted by molar-refractivity contribution is 0.498. The molecule has 0 spiro atoms. The second-order valence-corrected chi connectivity index (χ2v) is 7.09. The van der Waals surface area contributed by atoms with Crippen LogP contribution in [0.15, 0.2) is 23.6 Å². The molecule has 9 heteroatoms. The minimum Gasteiger partial charge on any atom is -0.314 e. The lowest BCUT2D eigenvalue weighted by Gasteiger charge is -2.17. The Morgan fingerprint density at radius 3 is 2.68 bits per heavy atom. The molecule has 0 radical (unpaired) electrons. The van der Waals surface area contributed by atoms with E-state index in [2.05, 4.69) is 20.0 Å². The van der Waals surface area contributed by atoms with Crippen molar-refractivity contribution in [2.24, 2.45) is 0 Å². The van der Waals surface area contributed by atoms with E-state index in [4.69, 9.17) is 0 Å². The Balaban J connectivity index is 2.24. The Kier molecular flexibility index (Phi) is 4.97. The van der Waals surface area contributed by atoms with Crippen molar-refractivity contribution in [1.29, 1.82) is 0 Å². The Labute approximate surface area is 130 Å². The molecular weight excluding hydrogens is 304 g/mol. The molecule has 122 valence electrons. The molecule has 2 heterocycles. The van der Waals surface area contributed by atoms with Gasteiger partial charge in [-0.3, -0.25) is 4.68 Å². The number of hydrogen-bond acceptors (Lipinski definition) is 5. The highest BCUT2D eigenvalue weighted by molar-refractivity contribution is 7.89. The molecular formula is C13H22N6O2S. The molecule has 0 bridgehead atoms. The van der Waals surface area contributed by atoms with Crippen LogP contribution in [0.2, 0.25) is 0 Å². The number of aromatic nitrogens is 5. The maximum atomic E-state index is 12.5. The third kappa shape index (κ3) is 3.36. The van der Waals surface area contributed by atoms with E-state index in [1.807, 2.05) is 25.3 Å². The summed E-state index contributed by atoms with van der Waals surface area (Å²) in [6, 6.07) is 1.17. The molecule has 8 nitrogen and oxygen atoms in total. The smallest absolute Gasteiger partial charge is 0.258 e. The van der Waals surface area contributed by atoms with Gasteiger partial charge >= 0.3 is 0 Å². The van der Waals surface area contributed by atoms with E-state index < -0.39 is 16.1 Å². The van der Waals surface area contributed by atoms with Gasteiger partial charge in [-0.2, -0.15) is 9.82 Å². The lowest BCUT2D eigenvalue weighted by atomic mass is 10.3. The van der Waals surface area contributed by atoms with Gasteiger partial charge in [-0.25, -0.2) is 8.42 Å². The maximum absolute atomic E-state index is 12.5. The van der Waals surface area contributed by atoms with Crippen LogP contribution in [0.1, 0.15) is 52.0 Å². The molecule has 0 saturated heterocycles. The van der Waals surface area contributed by atoms with E-state index in [-0.39, 0.29) is 11.1 Å². The summed E-state index contributed by atoms with van der Waals surface area (Å²) in [5.41, 5.74) is 0. The molecule has 1 N–H and O–H groups in total. The maximum Gasteiger partial charge on any atom is 0.258 e. The molecule has 0 amide bonds. The minimum absolute atomic E-state index is 0.155. The van der Waals surface area contributed by atoms with Crippen LogP contribution in [0.5, 0.6) is 0 Å². The summed E-state index contributed by atoms with van der Waals surface area (Å²) >= 11 is 0. The molecule has 22 heavy (non-hydrogen) atoms. The van der Waals surface area contributed by atoms with E-state index in [0.29, 0.717) is 12.4 Å². The van der Waals surface area contributed by atoms with Crippen LogP contribution in [-0.2, 0) is 16.6 Å². The first kappa shape index (κ1) is 16.6. The summed E-state index contributed by atoms with van der Waals surface area (Å²) in [5, 5.41) is 12.1. The number of aryl methyl sites for hydroxylation is 1. The summed E-state index contributed by atoms with van der Waals surface area (Å²) in [4.78, 5) is 0. The van der Waals surface area contributed by atoms with Gasteiger partial charge in [0.2, 0.25) is 0 Å². The van der Waals surface area contributed by atoms with Crippen molar-refractivity contribution < 1.29 is 8.42 Å². The van der Waals surface area contributed by atoms with Crippen molar-refractivity contribution in [3.63, 3.8) is 0 Å². The molecule has 0 saturated carbocycles.